The zero-order chi connectivity index (χ0) is 12.8. The van der Waals surface area contributed by atoms with Crippen LogP contribution >= 0.6 is 0 Å². The van der Waals surface area contributed by atoms with Crippen molar-refractivity contribution in [2.75, 3.05) is 13.7 Å². The number of aliphatic carboxylic acids is 1. The molecule has 1 atom stereocenters. The molecular weight excluding hydrogens is 222 g/mol. The molecule has 1 aromatic carbocycles. The molecule has 1 unspecified atom stereocenters. The maximum Gasteiger partial charge on any atom is 0.305 e. The maximum atomic E-state index is 10.6. The molecule has 0 aliphatic carbocycles. The number of benzene rings is 1. The molecule has 1 rings (SSSR count). The van der Waals surface area contributed by atoms with E-state index in [1.165, 1.54) is 7.11 Å². The fourth-order valence-electron chi connectivity index (χ4n) is 1.61. The van der Waals surface area contributed by atoms with E-state index in [9.17, 15) is 4.79 Å². The van der Waals surface area contributed by atoms with Gasteiger partial charge in [-0.25, -0.2) is 0 Å². The van der Waals surface area contributed by atoms with Gasteiger partial charge in [-0.1, -0.05) is 12.1 Å². The fourth-order valence-corrected chi connectivity index (χ4v) is 1.61. The van der Waals surface area contributed by atoms with Crippen LogP contribution in [0.2, 0.25) is 0 Å². The van der Waals surface area contributed by atoms with Crippen molar-refractivity contribution in [2.45, 2.75) is 19.4 Å². The zero-order valence-corrected chi connectivity index (χ0v) is 9.97. The Bertz CT molecular complexity index is 392. The Kier molecular flexibility index (Phi) is 4.78. The second kappa shape index (κ2) is 6.10. The van der Waals surface area contributed by atoms with Crippen molar-refractivity contribution in [1.82, 2.24) is 0 Å². The Morgan fingerprint density at radius 1 is 1.53 bits per heavy atom. The predicted molar refractivity (Wildman–Crippen MR) is 63.3 cm³/mol. The highest BCUT2D eigenvalue weighted by Crippen LogP contribution is 2.34. The number of rotatable bonds is 6. The molecule has 0 radical (unpaired) electrons. The Balaban J connectivity index is 3.05. The first-order chi connectivity index (χ1) is 8.10. The summed E-state index contributed by atoms with van der Waals surface area (Å²) in [5.41, 5.74) is 6.46. The minimum atomic E-state index is -0.943. The van der Waals surface area contributed by atoms with E-state index in [-0.39, 0.29) is 6.42 Å². The third-order valence-electron chi connectivity index (χ3n) is 2.31. The van der Waals surface area contributed by atoms with Crippen LogP contribution in [0.25, 0.3) is 0 Å². The van der Waals surface area contributed by atoms with Gasteiger partial charge in [-0.15, -0.1) is 0 Å². The summed E-state index contributed by atoms with van der Waals surface area (Å²) in [6.45, 7) is 2.37. The quantitative estimate of drug-likeness (QED) is 0.787. The van der Waals surface area contributed by atoms with Gasteiger partial charge in [-0.05, 0) is 13.0 Å². The van der Waals surface area contributed by atoms with Crippen LogP contribution in [0.5, 0.6) is 11.5 Å². The molecule has 3 N–H and O–H groups in total. The minimum Gasteiger partial charge on any atom is -0.493 e. The average Bonchev–Trinajstić information content (AvgIpc) is 2.28. The number of nitrogens with two attached hydrogens (primary N) is 1. The molecule has 5 heteroatoms. The lowest BCUT2D eigenvalue weighted by molar-refractivity contribution is -0.137. The SMILES string of the molecule is CCOc1cccc(C(N)CC(=O)O)c1OC. The molecule has 0 fully saturated rings. The van der Waals surface area contributed by atoms with E-state index < -0.39 is 12.0 Å². The van der Waals surface area contributed by atoms with Crippen LogP contribution in [0.15, 0.2) is 18.2 Å². The van der Waals surface area contributed by atoms with Crippen molar-refractivity contribution in [3.63, 3.8) is 0 Å². The first-order valence-corrected chi connectivity index (χ1v) is 5.37. The first-order valence-electron chi connectivity index (χ1n) is 5.37. The molecule has 94 valence electrons. The van der Waals surface area contributed by atoms with Gasteiger partial charge in [0.1, 0.15) is 0 Å². The van der Waals surface area contributed by atoms with Gasteiger partial charge in [0.2, 0.25) is 0 Å². The maximum absolute atomic E-state index is 10.6. The molecular formula is C12H17NO4. The van der Waals surface area contributed by atoms with E-state index in [1.54, 1.807) is 18.2 Å². The third kappa shape index (κ3) is 3.35. The lowest BCUT2D eigenvalue weighted by Gasteiger charge is -2.17. The molecule has 0 spiro atoms. The van der Waals surface area contributed by atoms with Gasteiger partial charge in [0.15, 0.2) is 11.5 Å². The monoisotopic (exact) mass is 239 g/mol. The molecule has 0 aliphatic heterocycles. The highest BCUT2D eigenvalue weighted by atomic mass is 16.5. The number of ether oxygens (including phenoxy) is 2. The summed E-state index contributed by atoms with van der Waals surface area (Å²) < 4.78 is 10.6. The van der Waals surface area contributed by atoms with Crippen molar-refractivity contribution in [2.24, 2.45) is 5.73 Å². The van der Waals surface area contributed by atoms with Crippen LogP contribution in [0, 0.1) is 0 Å². The summed E-state index contributed by atoms with van der Waals surface area (Å²) in [6.07, 6.45) is -0.147. The molecule has 0 saturated carbocycles. The van der Waals surface area contributed by atoms with Gasteiger partial charge >= 0.3 is 5.97 Å². The van der Waals surface area contributed by atoms with Crippen molar-refractivity contribution in [3.8, 4) is 11.5 Å². The summed E-state index contributed by atoms with van der Waals surface area (Å²) in [4.78, 5) is 10.6. The van der Waals surface area contributed by atoms with E-state index in [0.717, 1.165) is 0 Å². The largest absolute Gasteiger partial charge is 0.493 e. The number of hydrogen-bond donors (Lipinski definition) is 2. The van der Waals surface area contributed by atoms with E-state index in [4.69, 9.17) is 20.3 Å². The normalized spacial score (nSPS) is 11.9. The van der Waals surface area contributed by atoms with Crippen molar-refractivity contribution < 1.29 is 19.4 Å². The van der Waals surface area contributed by atoms with Gasteiger partial charge in [0.25, 0.3) is 0 Å². The molecule has 0 amide bonds. The molecule has 0 saturated heterocycles. The first kappa shape index (κ1) is 13.3. The summed E-state index contributed by atoms with van der Waals surface area (Å²) in [7, 11) is 1.51. The van der Waals surface area contributed by atoms with E-state index in [1.807, 2.05) is 6.92 Å². The molecule has 0 heterocycles. The van der Waals surface area contributed by atoms with Crippen molar-refractivity contribution in [3.05, 3.63) is 23.8 Å². The second-order valence-corrected chi connectivity index (χ2v) is 3.52. The van der Waals surface area contributed by atoms with Crippen LogP contribution in [0.4, 0.5) is 0 Å². The van der Waals surface area contributed by atoms with Gasteiger partial charge in [-0.3, -0.25) is 4.79 Å². The predicted octanol–water partition coefficient (Wildman–Crippen LogP) is 1.57. The molecule has 0 bridgehead atoms. The summed E-state index contributed by atoms with van der Waals surface area (Å²) >= 11 is 0. The van der Waals surface area contributed by atoms with Crippen LogP contribution in [-0.4, -0.2) is 24.8 Å². The van der Waals surface area contributed by atoms with E-state index in [2.05, 4.69) is 0 Å². The molecule has 0 aromatic heterocycles. The lowest BCUT2D eigenvalue weighted by atomic mass is 10.0. The Labute approximate surface area is 100 Å². The van der Waals surface area contributed by atoms with Gasteiger partial charge in [-0.2, -0.15) is 0 Å². The summed E-state index contributed by atoms with van der Waals surface area (Å²) in [5.74, 6) is 0.137. The van der Waals surface area contributed by atoms with E-state index >= 15 is 0 Å². The number of hydrogen-bond acceptors (Lipinski definition) is 4. The Hall–Kier alpha value is -1.75. The van der Waals surface area contributed by atoms with Crippen LogP contribution < -0.4 is 15.2 Å². The fraction of sp³-hybridized carbons (Fsp3) is 0.417. The Morgan fingerprint density at radius 3 is 2.76 bits per heavy atom. The van der Waals surface area contributed by atoms with Gasteiger partial charge in [0, 0.05) is 11.6 Å². The average molecular weight is 239 g/mol. The van der Waals surface area contributed by atoms with E-state index in [0.29, 0.717) is 23.7 Å². The number of methoxy groups -OCH3 is 1. The smallest absolute Gasteiger partial charge is 0.305 e. The number of carbonyl (C=O) groups is 1. The summed E-state index contributed by atoms with van der Waals surface area (Å²) in [5, 5.41) is 8.73. The minimum absolute atomic E-state index is 0.147. The van der Waals surface area contributed by atoms with Crippen molar-refractivity contribution in [1.29, 1.82) is 0 Å². The second-order valence-electron chi connectivity index (χ2n) is 3.52. The number of carboxylic acids is 1. The van der Waals surface area contributed by atoms with Crippen LogP contribution in [0.1, 0.15) is 24.9 Å². The van der Waals surface area contributed by atoms with Gasteiger partial charge < -0.3 is 20.3 Å². The van der Waals surface area contributed by atoms with Crippen LogP contribution in [-0.2, 0) is 4.79 Å². The number of carboxylic acid groups (broad SMARTS) is 1. The van der Waals surface area contributed by atoms with Gasteiger partial charge in [0.05, 0.1) is 20.1 Å². The summed E-state index contributed by atoms with van der Waals surface area (Å²) in [6, 6.07) is 4.67. The van der Waals surface area contributed by atoms with Crippen molar-refractivity contribution >= 4 is 5.97 Å². The highest BCUT2D eigenvalue weighted by molar-refractivity contribution is 5.68. The standard InChI is InChI=1S/C12H17NO4/c1-3-17-10-6-4-5-8(12(10)16-2)9(13)7-11(14)15/h4-6,9H,3,7,13H2,1-2H3,(H,14,15). The van der Waals surface area contributed by atoms with Crippen LogP contribution in [0.3, 0.4) is 0 Å². The number of para-hydroxylation sites is 1. The Morgan fingerprint density at radius 2 is 2.24 bits per heavy atom. The zero-order valence-electron chi connectivity index (χ0n) is 9.97. The molecule has 1 aromatic rings. The molecule has 5 nitrogen and oxygen atoms in total. The topological polar surface area (TPSA) is 81.8 Å². The highest BCUT2D eigenvalue weighted by Gasteiger charge is 2.18. The lowest BCUT2D eigenvalue weighted by Crippen LogP contribution is -2.16. The molecule has 0 aliphatic rings. The third-order valence-corrected chi connectivity index (χ3v) is 2.31. The molecule has 17 heavy (non-hydrogen) atoms.